The SMILES string of the molecule is CC(=O)N(CCC(=O)N1CCCc2ccccc21)c1ccc(C)cc1C. The molecular weight excluding hydrogens is 324 g/mol. The quantitative estimate of drug-likeness (QED) is 0.835. The summed E-state index contributed by atoms with van der Waals surface area (Å²) in [5.74, 6) is 0.0389. The maximum absolute atomic E-state index is 12.8. The minimum absolute atomic E-state index is 0.0382. The van der Waals surface area contributed by atoms with E-state index in [0.29, 0.717) is 13.0 Å². The van der Waals surface area contributed by atoms with Gasteiger partial charge in [0.1, 0.15) is 0 Å². The van der Waals surface area contributed by atoms with Crippen LogP contribution in [0, 0.1) is 13.8 Å². The highest BCUT2D eigenvalue weighted by Gasteiger charge is 2.23. The van der Waals surface area contributed by atoms with Crippen LogP contribution < -0.4 is 9.80 Å². The number of aryl methyl sites for hydroxylation is 3. The van der Waals surface area contributed by atoms with Crippen LogP contribution in [0.2, 0.25) is 0 Å². The van der Waals surface area contributed by atoms with Gasteiger partial charge in [-0.15, -0.1) is 0 Å². The molecule has 136 valence electrons. The molecule has 0 atom stereocenters. The second-order valence-electron chi connectivity index (χ2n) is 6.99. The molecule has 0 radical (unpaired) electrons. The van der Waals surface area contributed by atoms with Crippen molar-refractivity contribution >= 4 is 23.2 Å². The Morgan fingerprint density at radius 3 is 2.62 bits per heavy atom. The lowest BCUT2D eigenvalue weighted by Gasteiger charge is -2.30. The van der Waals surface area contributed by atoms with E-state index in [1.807, 2.05) is 49.1 Å². The molecule has 0 saturated carbocycles. The lowest BCUT2D eigenvalue weighted by molar-refractivity contribution is -0.118. The van der Waals surface area contributed by atoms with Gasteiger partial charge in [-0.2, -0.15) is 0 Å². The molecule has 0 bridgehead atoms. The first-order valence-electron chi connectivity index (χ1n) is 9.21. The Morgan fingerprint density at radius 1 is 1.12 bits per heavy atom. The molecule has 1 aliphatic heterocycles. The first-order valence-corrected chi connectivity index (χ1v) is 9.21. The summed E-state index contributed by atoms with van der Waals surface area (Å²) in [6.07, 6.45) is 2.32. The zero-order valence-corrected chi connectivity index (χ0v) is 15.8. The maximum atomic E-state index is 12.8. The molecule has 2 aromatic rings. The van der Waals surface area contributed by atoms with Gasteiger partial charge >= 0.3 is 0 Å². The zero-order chi connectivity index (χ0) is 18.7. The van der Waals surface area contributed by atoms with Gasteiger partial charge < -0.3 is 9.80 Å². The molecular formula is C22H26N2O2. The van der Waals surface area contributed by atoms with Crippen molar-refractivity contribution in [3.8, 4) is 0 Å². The number of amides is 2. The highest BCUT2D eigenvalue weighted by Crippen LogP contribution is 2.28. The Labute approximate surface area is 155 Å². The molecule has 0 fully saturated rings. The highest BCUT2D eigenvalue weighted by atomic mass is 16.2. The monoisotopic (exact) mass is 350 g/mol. The Morgan fingerprint density at radius 2 is 1.88 bits per heavy atom. The van der Waals surface area contributed by atoms with Crippen molar-refractivity contribution in [1.29, 1.82) is 0 Å². The molecule has 0 N–H and O–H groups in total. The van der Waals surface area contributed by atoms with Gasteiger partial charge in [0.2, 0.25) is 11.8 Å². The van der Waals surface area contributed by atoms with E-state index in [9.17, 15) is 9.59 Å². The average molecular weight is 350 g/mol. The Bertz CT molecular complexity index is 829. The number of carbonyl (C=O) groups is 2. The summed E-state index contributed by atoms with van der Waals surface area (Å²) in [7, 11) is 0. The van der Waals surface area contributed by atoms with Crippen molar-refractivity contribution < 1.29 is 9.59 Å². The number of hydrogen-bond donors (Lipinski definition) is 0. The van der Waals surface area contributed by atoms with Crippen molar-refractivity contribution in [2.75, 3.05) is 22.9 Å². The van der Waals surface area contributed by atoms with E-state index < -0.39 is 0 Å². The molecule has 0 aromatic heterocycles. The number of anilines is 2. The lowest BCUT2D eigenvalue weighted by Crippen LogP contribution is -2.39. The molecule has 1 aliphatic rings. The Hall–Kier alpha value is -2.62. The van der Waals surface area contributed by atoms with Crippen LogP contribution in [0.5, 0.6) is 0 Å². The number of fused-ring (bicyclic) bond motifs is 1. The van der Waals surface area contributed by atoms with Crippen LogP contribution in [0.25, 0.3) is 0 Å². The van der Waals surface area contributed by atoms with Crippen LogP contribution in [-0.2, 0) is 16.0 Å². The van der Waals surface area contributed by atoms with Gasteiger partial charge in [-0.25, -0.2) is 0 Å². The maximum Gasteiger partial charge on any atom is 0.228 e. The van der Waals surface area contributed by atoms with E-state index in [1.54, 1.807) is 11.8 Å². The summed E-state index contributed by atoms with van der Waals surface area (Å²) in [4.78, 5) is 28.6. The van der Waals surface area contributed by atoms with Crippen LogP contribution in [0.1, 0.15) is 36.5 Å². The van der Waals surface area contributed by atoms with Gasteiger partial charge in [-0.3, -0.25) is 9.59 Å². The number of rotatable bonds is 4. The van der Waals surface area contributed by atoms with E-state index in [0.717, 1.165) is 41.9 Å². The largest absolute Gasteiger partial charge is 0.312 e. The van der Waals surface area contributed by atoms with Crippen molar-refractivity contribution in [2.45, 2.75) is 40.0 Å². The minimum atomic E-state index is -0.0382. The molecule has 0 unspecified atom stereocenters. The molecule has 0 aliphatic carbocycles. The fourth-order valence-electron chi connectivity index (χ4n) is 3.69. The third-order valence-corrected chi connectivity index (χ3v) is 4.98. The number of para-hydroxylation sites is 1. The van der Waals surface area contributed by atoms with E-state index in [1.165, 1.54) is 5.56 Å². The summed E-state index contributed by atoms with van der Waals surface area (Å²) in [5, 5.41) is 0. The Kier molecular flexibility index (Phi) is 5.40. The standard InChI is InChI=1S/C22H26N2O2/c1-16-10-11-20(17(2)15-16)23(18(3)25)14-12-22(26)24-13-6-8-19-7-4-5-9-21(19)24/h4-5,7,9-11,15H,6,8,12-14H2,1-3H3. The number of nitrogens with zero attached hydrogens (tertiary/aromatic N) is 2. The van der Waals surface area contributed by atoms with E-state index in [-0.39, 0.29) is 11.8 Å². The van der Waals surface area contributed by atoms with Gasteiger partial charge in [0.15, 0.2) is 0 Å². The summed E-state index contributed by atoms with van der Waals surface area (Å²) >= 11 is 0. The molecule has 26 heavy (non-hydrogen) atoms. The molecule has 0 spiro atoms. The van der Waals surface area contributed by atoms with Gasteiger partial charge in [-0.05, 0) is 49.9 Å². The molecule has 2 aromatic carbocycles. The van der Waals surface area contributed by atoms with E-state index in [2.05, 4.69) is 12.1 Å². The lowest BCUT2D eigenvalue weighted by atomic mass is 10.0. The van der Waals surface area contributed by atoms with Crippen molar-refractivity contribution in [3.63, 3.8) is 0 Å². The van der Waals surface area contributed by atoms with Gasteiger partial charge in [0.05, 0.1) is 0 Å². The normalized spacial score (nSPS) is 13.3. The predicted octanol–water partition coefficient (Wildman–Crippen LogP) is 4.03. The number of benzene rings is 2. The summed E-state index contributed by atoms with van der Waals surface area (Å²) in [6, 6.07) is 14.1. The second kappa shape index (κ2) is 7.73. The van der Waals surface area contributed by atoms with Gasteiger partial charge in [0, 0.05) is 37.8 Å². The second-order valence-corrected chi connectivity index (χ2v) is 6.99. The third-order valence-electron chi connectivity index (χ3n) is 4.98. The Balaban J connectivity index is 1.74. The molecule has 0 saturated heterocycles. The number of hydrogen-bond acceptors (Lipinski definition) is 2. The first-order chi connectivity index (χ1) is 12.5. The molecule has 1 heterocycles. The van der Waals surface area contributed by atoms with Crippen LogP contribution in [-0.4, -0.2) is 24.9 Å². The molecule has 4 heteroatoms. The van der Waals surface area contributed by atoms with Gasteiger partial charge in [0.25, 0.3) is 0 Å². The van der Waals surface area contributed by atoms with Crippen LogP contribution in [0.3, 0.4) is 0 Å². The summed E-state index contributed by atoms with van der Waals surface area (Å²) in [5.41, 5.74) is 5.34. The summed E-state index contributed by atoms with van der Waals surface area (Å²) < 4.78 is 0. The minimum Gasteiger partial charge on any atom is -0.312 e. The van der Waals surface area contributed by atoms with Crippen LogP contribution >= 0.6 is 0 Å². The van der Waals surface area contributed by atoms with E-state index >= 15 is 0 Å². The predicted molar refractivity (Wildman–Crippen MR) is 106 cm³/mol. The fraction of sp³-hybridized carbons (Fsp3) is 0.364. The number of carbonyl (C=O) groups excluding carboxylic acids is 2. The molecule has 4 nitrogen and oxygen atoms in total. The van der Waals surface area contributed by atoms with Crippen molar-refractivity contribution in [1.82, 2.24) is 0 Å². The van der Waals surface area contributed by atoms with Gasteiger partial charge in [-0.1, -0.05) is 35.9 Å². The zero-order valence-electron chi connectivity index (χ0n) is 15.8. The first kappa shape index (κ1) is 18.2. The topological polar surface area (TPSA) is 40.6 Å². The summed E-state index contributed by atoms with van der Waals surface area (Å²) in [6.45, 7) is 6.74. The van der Waals surface area contributed by atoms with Crippen molar-refractivity contribution in [2.24, 2.45) is 0 Å². The molecule has 3 rings (SSSR count). The highest BCUT2D eigenvalue weighted by molar-refractivity contribution is 5.97. The molecule has 2 amide bonds. The average Bonchev–Trinajstić information content (AvgIpc) is 2.62. The van der Waals surface area contributed by atoms with Crippen LogP contribution in [0.4, 0.5) is 11.4 Å². The fourth-order valence-corrected chi connectivity index (χ4v) is 3.69. The third kappa shape index (κ3) is 3.79. The smallest absolute Gasteiger partial charge is 0.228 e. The van der Waals surface area contributed by atoms with Crippen molar-refractivity contribution in [3.05, 3.63) is 59.2 Å². The van der Waals surface area contributed by atoms with Crippen LogP contribution in [0.15, 0.2) is 42.5 Å². The van der Waals surface area contributed by atoms with E-state index in [4.69, 9.17) is 0 Å².